The van der Waals surface area contributed by atoms with Crippen LogP contribution in [0.5, 0.6) is 11.5 Å². The molecule has 0 atom stereocenters. The number of hydrogen-bond donors (Lipinski definition) is 3. The lowest BCUT2D eigenvalue weighted by atomic mass is 9.99. The summed E-state index contributed by atoms with van der Waals surface area (Å²) in [7, 11) is 0. The van der Waals surface area contributed by atoms with Gasteiger partial charge >= 0.3 is 0 Å². The van der Waals surface area contributed by atoms with Crippen molar-refractivity contribution in [2.24, 2.45) is 5.92 Å². The van der Waals surface area contributed by atoms with E-state index in [1.807, 2.05) is 0 Å². The summed E-state index contributed by atoms with van der Waals surface area (Å²) in [6.07, 6.45) is 5.11. The van der Waals surface area contributed by atoms with Crippen LogP contribution in [0, 0.1) is 23.0 Å². The van der Waals surface area contributed by atoms with Crippen molar-refractivity contribution in [2.75, 3.05) is 31.6 Å². The minimum atomic E-state index is -0.725. The number of rotatable bonds is 8. The summed E-state index contributed by atoms with van der Waals surface area (Å²) in [5, 5.41) is 13.3. The molecular weight excluding hydrogens is 458 g/mol. The van der Waals surface area contributed by atoms with Gasteiger partial charge in [-0.05, 0) is 36.6 Å². The van der Waals surface area contributed by atoms with Crippen LogP contribution < -0.4 is 20.1 Å². The molecule has 2 amide bonds. The van der Waals surface area contributed by atoms with Crippen LogP contribution >= 0.6 is 0 Å². The second kappa shape index (κ2) is 9.36. The molecule has 2 aromatic carbocycles. The quantitative estimate of drug-likeness (QED) is 0.502. The van der Waals surface area contributed by atoms with Crippen molar-refractivity contribution < 1.29 is 27.8 Å². The smallest absolute Gasteiger partial charge is 0.262 e. The zero-order valence-corrected chi connectivity index (χ0v) is 18.8. The van der Waals surface area contributed by atoms with Crippen molar-refractivity contribution >= 4 is 29.3 Å². The van der Waals surface area contributed by atoms with Gasteiger partial charge in [0.1, 0.15) is 11.6 Å². The normalized spacial score (nSPS) is 17.6. The first kappa shape index (κ1) is 22.8. The lowest BCUT2D eigenvalue weighted by Gasteiger charge is -2.39. The molecule has 35 heavy (non-hydrogen) atoms. The maximum absolute atomic E-state index is 14.6. The Kier molecular flexibility index (Phi) is 6.10. The van der Waals surface area contributed by atoms with Crippen LogP contribution in [-0.2, 0) is 4.79 Å². The minimum Gasteiger partial charge on any atom is -0.490 e. The number of fused-ring (bicyclic) bond motifs is 1. The third-order valence-corrected chi connectivity index (χ3v) is 6.12. The molecule has 10 heteroatoms. The summed E-state index contributed by atoms with van der Waals surface area (Å²) in [5.74, 6) is -1.88. The van der Waals surface area contributed by atoms with E-state index < -0.39 is 17.5 Å². The van der Waals surface area contributed by atoms with Gasteiger partial charge < -0.3 is 30.4 Å². The SMILES string of the molecule is N=C/C(=C\NC1CC1)c1ccc(OCC2CN(C(=O)c3cc4c(cc3F)OCC(=O)N4)C2)c(F)c1. The number of allylic oxidation sites excluding steroid dienone is 1. The van der Waals surface area contributed by atoms with Crippen LogP contribution in [0.25, 0.3) is 5.57 Å². The lowest BCUT2D eigenvalue weighted by Crippen LogP contribution is -2.52. The largest absolute Gasteiger partial charge is 0.490 e. The van der Waals surface area contributed by atoms with Gasteiger partial charge in [-0.1, -0.05) is 6.07 Å². The van der Waals surface area contributed by atoms with Crippen molar-refractivity contribution in [1.82, 2.24) is 10.2 Å². The number of likely N-dealkylation sites (tertiary alicyclic amines) is 1. The Balaban J connectivity index is 1.15. The van der Waals surface area contributed by atoms with Crippen LogP contribution in [0.4, 0.5) is 14.5 Å². The fourth-order valence-electron chi connectivity index (χ4n) is 3.95. The Morgan fingerprint density at radius 3 is 2.74 bits per heavy atom. The number of ether oxygens (including phenoxy) is 2. The molecule has 2 heterocycles. The molecule has 1 saturated carbocycles. The van der Waals surface area contributed by atoms with Gasteiger partial charge in [-0.2, -0.15) is 0 Å². The molecule has 5 rings (SSSR count). The number of benzene rings is 2. The van der Waals surface area contributed by atoms with E-state index in [2.05, 4.69) is 10.6 Å². The maximum atomic E-state index is 14.6. The van der Waals surface area contributed by atoms with E-state index in [4.69, 9.17) is 14.9 Å². The fraction of sp³-hybridized carbons (Fsp3) is 0.320. The van der Waals surface area contributed by atoms with Crippen LogP contribution in [0.1, 0.15) is 28.8 Å². The Labute approximate surface area is 200 Å². The van der Waals surface area contributed by atoms with E-state index in [0.29, 0.717) is 30.3 Å². The van der Waals surface area contributed by atoms with Gasteiger partial charge in [-0.3, -0.25) is 9.59 Å². The van der Waals surface area contributed by atoms with Crippen LogP contribution in [0.2, 0.25) is 0 Å². The van der Waals surface area contributed by atoms with Crippen molar-refractivity contribution in [3.63, 3.8) is 0 Å². The van der Waals surface area contributed by atoms with Crippen molar-refractivity contribution in [1.29, 1.82) is 5.41 Å². The summed E-state index contributed by atoms with van der Waals surface area (Å²) >= 11 is 0. The first-order valence-corrected chi connectivity index (χ1v) is 11.4. The second-order valence-electron chi connectivity index (χ2n) is 8.88. The summed E-state index contributed by atoms with van der Waals surface area (Å²) in [6, 6.07) is 7.36. The predicted octanol–water partition coefficient (Wildman–Crippen LogP) is 3.19. The summed E-state index contributed by atoms with van der Waals surface area (Å²) in [6.45, 7) is 0.680. The first-order chi connectivity index (χ1) is 16.9. The maximum Gasteiger partial charge on any atom is 0.262 e. The molecule has 3 aliphatic rings. The highest BCUT2D eigenvalue weighted by Crippen LogP contribution is 2.32. The van der Waals surface area contributed by atoms with Gasteiger partial charge in [0.05, 0.1) is 17.9 Å². The van der Waals surface area contributed by atoms with Gasteiger partial charge in [-0.25, -0.2) is 8.78 Å². The van der Waals surface area contributed by atoms with Crippen molar-refractivity contribution in [3.05, 3.63) is 59.3 Å². The third-order valence-electron chi connectivity index (χ3n) is 6.12. The van der Waals surface area contributed by atoms with E-state index in [1.54, 1.807) is 12.3 Å². The van der Waals surface area contributed by atoms with Gasteiger partial charge in [-0.15, -0.1) is 0 Å². The van der Waals surface area contributed by atoms with E-state index in [0.717, 1.165) is 18.9 Å². The van der Waals surface area contributed by atoms with E-state index in [9.17, 15) is 18.4 Å². The standard InChI is InChI=1S/C25H24F2N4O4/c26-19-7-23-21(30-24(32)13-35-23)6-18(19)25(33)31-10-14(11-31)12-34-22-4-1-15(5-20(22)27)16(8-28)9-29-17-2-3-17/h1,4-9,14,17,28-29H,2-3,10-13H2,(H,30,32)/b16-9+,28-8?. The number of halogens is 2. The van der Waals surface area contributed by atoms with Crippen molar-refractivity contribution in [3.8, 4) is 11.5 Å². The fourth-order valence-corrected chi connectivity index (χ4v) is 3.95. The molecule has 1 aliphatic carbocycles. The molecular formula is C25H24F2N4O4. The zero-order valence-electron chi connectivity index (χ0n) is 18.8. The Morgan fingerprint density at radius 1 is 1.23 bits per heavy atom. The number of anilines is 1. The number of hydrogen-bond acceptors (Lipinski definition) is 6. The molecule has 0 spiro atoms. The average Bonchev–Trinajstić information content (AvgIpc) is 3.63. The van der Waals surface area contributed by atoms with E-state index >= 15 is 0 Å². The summed E-state index contributed by atoms with van der Waals surface area (Å²) < 4.78 is 39.8. The van der Waals surface area contributed by atoms with Crippen LogP contribution in [0.15, 0.2) is 36.5 Å². The molecule has 0 bridgehead atoms. The highest BCUT2D eigenvalue weighted by atomic mass is 19.1. The Hall–Kier alpha value is -3.95. The van der Waals surface area contributed by atoms with Gasteiger partial charge in [0.25, 0.3) is 11.8 Å². The third kappa shape index (κ3) is 4.96. The van der Waals surface area contributed by atoms with E-state index in [-0.39, 0.29) is 47.8 Å². The molecule has 1 saturated heterocycles. The Bertz CT molecular complexity index is 1220. The molecule has 0 unspecified atom stereocenters. The number of amides is 2. The number of carbonyl (C=O) groups is 2. The minimum absolute atomic E-state index is 0.0264. The predicted molar refractivity (Wildman–Crippen MR) is 125 cm³/mol. The molecule has 2 fully saturated rings. The monoisotopic (exact) mass is 482 g/mol. The van der Waals surface area contributed by atoms with Gasteiger partial charge in [0.2, 0.25) is 0 Å². The highest BCUT2D eigenvalue weighted by Gasteiger charge is 2.34. The van der Waals surface area contributed by atoms with Crippen LogP contribution in [-0.4, -0.2) is 55.3 Å². The zero-order chi connectivity index (χ0) is 24.5. The number of nitrogens with one attached hydrogen (secondary N) is 3. The molecule has 2 aromatic rings. The molecule has 0 radical (unpaired) electrons. The molecule has 3 N–H and O–H groups in total. The van der Waals surface area contributed by atoms with Crippen LogP contribution in [0.3, 0.4) is 0 Å². The number of carbonyl (C=O) groups excluding carboxylic acids is 2. The molecule has 2 aliphatic heterocycles. The molecule has 182 valence electrons. The summed E-state index contributed by atoms with van der Waals surface area (Å²) in [5.41, 5.74) is 1.26. The van der Waals surface area contributed by atoms with Gasteiger partial charge in [0.15, 0.2) is 18.2 Å². The number of nitrogens with zero attached hydrogens (tertiary/aromatic N) is 1. The topological polar surface area (TPSA) is 104 Å². The first-order valence-electron chi connectivity index (χ1n) is 11.4. The molecule has 0 aromatic heterocycles. The van der Waals surface area contributed by atoms with Crippen molar-refractivity contribution in [2.45, 2.75) is 18.9 Å². The van der Waals surface area contributed by atoms with Gasteiger partial charge in [0, 0.05) is 49.1 Å². The second-order valence-corrected chi connectivity index (χ2v) is 8.88. The summed E-state index contributed by atoms with van der Waals surface area (Å²) in [4.78, 5) is 25.7. The highest BCUT2D eigenvalue weighted by molar-refractivity contribution is 6.08. The molecule has 8 nitrogen and oxygen atoms in total. The van der Waals surface area contributed by atoms with E-state index in [1.165, 1.54) is 29.3 Å². The lowest BCUT2D eigenvalue weighted by molar-refractivity contribution is -0.118. The Morgan fingerprint density at radius 2 is 2.03 bits per heavy atom. The average molecular weight is 482 g/mol.